The quantitative estimate of drug-likeness (QED) is 0.155. The molecule has 0 aliphatic carbocycles. The highest BCUT2D eigenvalue weighted by atomic mass is 16.6. The van der Waals surface area contributed by atoms with Crippen molar-refractivity contribution < 1.29 is 38.7 Å². The van der Waals surface area contributed by atoms with E-state index in [0.717, 1.165) is 31.5 Å². The maximum absolute atomic E-state index is 13.2. The van der Waals surface area contributed by atoms with Crippen molar-refractivity contribution in [3.63, 3.8) is 0 Å². The van der Waals surface area contributed by atoms with E-state index >= 15 is 0 Å². The highest BCUT2D eigenvalue weighted by molar-refractivity contribution is 5.70. The lowest BCUT2D eigenvalue weighted by molar-refractivity contribution is -0.151. The van der Waals surface area contributed by atoms with Gasteiger partial charge in [0.1, 0.15) is 11.7 Å². The third-order valence-corrected chi connectivity index (χ3v) is 9.78. The summed E-state index contributed by atoms with van der Waals surface area (Å²) in [5, 5.41) is 20.8. The van der Waals surface area contributed by atoms with Crippen molar-refractivity contribution in [2.24, 2.45) is 17.8 Å². The number of piperazine rings is 1. The van der Waals surface area contributed by atoms with E-state index in [0.29, 0.717) is 19.5 Å². The number of likely N-dealkylation sites (N-methyl/N-ethyl adjacent to an activating group) is 1. The van der Waals surface area contributed by atoms with Crippen LogP contribution in [0.15, 0.2) is 36.0 Å². The molecule has 3 aliphatic rings. The van der Waals surface area contributed by atoms with E-state index in [9.17, 15) is 19.8 Å². The summed E-state index contributed by atoms with van der Waals surface area (Å²) in [5.74, 6) is -0.316. The molecule has 45 heavy (non-hydrogen) atoms. The smallest absolute Gasteiger partial charge is 0.410 e. The van der Waals surface area contributed by atoms with E-state index in [1.807, 2.05) is 66.0 Å². The number of nitrogens with zero attached hydrogens (tertiary/aromatic N) is 2. The number of rotatable bonds is 10. The van der Waals surface area contributed by atoms with Crippen LogP contribution in [-0.4, -0.2) is 115 Å². The topological polar surface area (TPSA) is 121 Å². The van der Waals surface area contributed by atoms with Gasteiger partial charge in [0.25, 0.3) is 0 Å². The van der Waals surface area contributed by atoms with Gasteiger partial charge in [-0.05, 0) is 64.1 Å². The Labute approximate surface area is 270 Å². The van der Waals surface area contributed by atoms with E-state index in [1.54, 1.807) is 12.0 Å². The first-order chi connectivity index (χ1) is 21.3. The first-order valence-corrected chi connectivity index (χ1v) is 16.7. The van der Waals surface area contributed by atoms with Crippen molar-refractivity contribution >= 4 is 12.1 Å². The Bertz CT molecular complexity index is 1050. The SMILES string of the molecule is CC[C@@H](O)[C@@H](C)[C@@H]1O[C@@H]1C[C@@H](C)/C=C/C=C(\C)[C@H]1OC(=O)C[C@@H](O)CC[C@](C)(OC)[C@@H](OC(=O)N2CCN(C)CC2)/C=C\[C@@H]1C. The number of carbonyl (C=O) groups excluding carboxylic acids is 2. The molecule has 0 radical (unpaired) electrons. The van der Waals surface area contributed by atoms with Gasteiger partial charge in [-0.1, -0.05) is 52.0 Å². The lowest BCUT2D eigenvalue weighted by Gasteiger charge is -2.38. The minimum absolute atomic E-state index is 0.108. The summed E-state index contributed by atoms with van der Waals surface area (Å²) in [7, 11) is 3.61. The van der Waals surface area contributed by atoms with Crippen LogP contribution in [0.2, 0.25) is 0 Å². The average molecular weight is 635 g/mol. The van der Waals surface area contributed by atoms with Crippen LogP contribution in [0.25, 0.3) is 0 Å². The number of hydrogen-bond acceptors (Lipinski definition) is 9. The molecule has 0 aromatic heterocycles. The average Bonchev–Trinajstić information content (AvgIpc) is 3.77. The molecule has 0 spiro atoms. The second-order valence-corrected chi connectivity index (χ2v) is 13.6. The minimum Gasteiger partial charge on any atom is -0.457 e. The molecule has 1 amide bonds. The molecule has 0 bridgehead atoms. The Morgan fingerprint density at radius 3 is 2.56 bits per heavy atom. The largest absolute Gasteiger partial charge is 0.457 e. The molecule has 10 atom stereocenters. The van der Waals surface area contributed by atoms with Crippen molar-refractivity contribution in [3.8, 4) is 0 Å². The number of carbonyl (C=O) groups is 2. The van der Waals surface area contributed by atoms with Crippen LogP contribution >= 0.6 is 0 Å². The number of esters is 1. The predicted molar refractivity (Wildman–Crippen MR) is 174 cm³/mol. The molecule has 2 saturated heterocycles. The summed E-state index contributed by atoms with van der Waals surface area (Å²) >= 11 is 0. The second-order valence-electron chi connectivity index (χ2n) is 13.6. The standard InChI is InChI=1S/C35H58N2O8/c1-9-28(39)26(5)33-29(43-33)21-23(2)11-10-12-24(3)32-25(4)13-14-30(44-34(41)37-19-17-36(7)18-20-37)35(6,42-8)16-15-27(38)22-31(40)45-32/h10-14,23,25-30,32-33,38-39H,9,15-22H2,1-8H3/b11-10+,14-13-,24-12+/t23-,25-,26+,27-,28+,29+,30-,32+,33-,35-/m0/s1. The number of epoxide rings is 1. The van der Waals surface area contributed by atoms with Crippen molar-refractivity contribution in [1.29, 1.82) is 0 Å². The molecule has 0 aromatic rings. The van der Waals surface area contributed by atoms with Crippen LogP contribution in [0.1, 0.15) is 73.6 Å². The third-order valence-electron chi connectivity index (χ3n) is 9.78. The number of ether oxygens (including phenoxy) is 4. The first kappa shape index (κ1) is 37.2. The van der Waals surface area contributed by atoms with Gasteiger partial charge in [0.2, 0.25) is 0 Å². The van der Waals surface area contributed by atoms with Gasteiger partial charge < -0.3 is 39.0 Å². The van der Waals surface area contributed by atoms with E-state index < -0.39 is 36.0 Å². The molecule has 10 heteroatoms. The van der Waals surface area contributed by atoms with E-state index in [1.165, 1.54) is 0 Å². The zero-order chi connectivity index (χ0) is 33.3. The number of allylic oxidation sites excluding steroid dienone is 3. The van der Waals surface area contributed by atoms with Gasteiger partial charge in [-0.25, -0.2) is 4.79 Å². The van der Waals surface area contributed by atoms with Crippen LogP contribution in [0.4, 0.5) is 4.79 Å². The number of cyclic esters (lactones) is 1. The molecule has 3 rings (SSSR count). The van der Waals surface area contributed by atoms with E-state index in [-0.39, 0.29) is 48.9 Å². The zero-order valence-corrected chi connectivity index (χ0v) is 28.7. The highest BCUT2D eigenvalue weighted by Gasteiger charge is 2.45. The maximum atomic E-state index is 13.2. The van der Waals surface area contributed by atoms with Gasteiger partial charge in [-0.3, -0.25) is 4.79 Å². The van der Waals surface area contributed by atoms with E-state index in [4.69, 9.17) is 18.9 Å². The fourth-order valence-corrected chi connectivity index (χ4v) is 6.17. The summed E-state index contributed by atoms with van der Waals surface area (Å²) in [6, 6.07) is 0. The van der Waals surface area contributed by atoms with Gasteiger partial charge >= 0.3 is 12.1 Å². The molecule has 10 nitrogen and oxygen atoms in total. The Morgan fingerprint density at radius 2 is 1.91 bits per heavy atom. The minimum atomic E-state index is -0.917. The Hall–Kier alpha value is -2.24. The van der Waals surface area contributed by atoms with Gasteiger partial charge in [-0.2, -0.15) is 0 Å². The fourth-order valence-electron chi connectivity index (χ4n) is 6.17. The number of aliphatic hydroxyl groups excluding tert-OH is 2. The summed E-state index contributed by atoms with van der Waals surface area (Å²) in [5.41, 5.74) is -0.0467. The molecular weight excluding hydrogens is 576 g/mol. The van der Waals surface area contributed by atoms with E-state index in [2.05, 4.69) is 17.9 Å². The molecule has 0 unspecified atom stereocenters. The fraction of sp³-hybridized carbons (Fsp3) is 0.771. The predicted octanol–water partition coefficient (Wildman–Crippen LogP) is 4.50. The van der Waals surface area contributed by atoms with Crippen LogP contribution in [0, 0.1) is 17.8 Å². The van der Waals surface area contributed by atoms with Crippen LogP contribution in [0.3, 0.4) is 0 Å². The first-order valence-electron chi connectivity index (χ1n) is 16.7. The Kier molecular flexibility index (Phi) is 14.1. The number of aliphatic hydroxyl groups is 2. The highest BCUT2D eigenvalue weighted by Crippen LogP contribution is 2.36. The normalized spacial score (nSPS) is 35.1. The van der Waals surface area contributed by atoms with Gasteiger partial charge in [0.05, 0.1) is 30.8 Å². The Morgan fingerprint density at radius 1 is 1.22 bits per heavy atom. The van der Waals surface area contributed by atoms with Crippen molar-refractivity contribution in [2.45, 2.75) is 116 Å². The molecule has 2 N–H and O–H groups in total. The van der Waals surface area contributed by atoms with Gasteiger partial charge in [0, 0.05) is 45.1 Å². The summed E-state index contributed by atoms with van der Waals surface area (Å²) < 4.78 is 23.7. The monoisotopic (exact) mass is 634 g/mol. The van der Waals surface area contributed by atoms with Crippen molar-refractivity contribution in [2.75, 3.05) is 40.3 Å². The molecule has 3 heterocycles. The second kappa shape index (κ2) is 17.1. The van der Waals surface area contributed by atoms with Crippen LogP contribution in [-0.2, 0) is 23.7 Å². The van der Waals surface area contributed by atoms with Crippen LogP contribution < -0.4 is 0 Å². The molecule has 3 aliphatic heterocycles. The van der Waals surface area contributed by atoms with Crippen LogP contribution in [0.5, 0.6) is 0 Å². The zero-order valence-electron chi connectivity index (χ0n) is 28.7. The molecule has 0 saturated carbocycles. The number of amides is 1. The number of methoxy groups -OCH3 is 1. The van der Waals surface area contributed by atoms with Gasteiger partial charge in [-0.15, -0.1) is 0 Å². The van der Waals surface area contributed by atoms with Crippen molar-refractivity contribution in [1.82, 2.24) is 9.80 Å². The molecule has 256 valence electrons. The molecule has 2 fully saturated rings. The summed E-state index contributed by atoms with van der Waals surface area (Å²) in [6.07, 6.45) is 9.28. The molecular formula is C35H58N2O8. The lowest BCUT2D eigenvalue weighted by Crippen LogP contribution is -2.50. The summed E-state index contributed by atoms with van der Waals surface area (Å²) in [6.45, 7) is 14.7. The number of hydrogen-bond donors (Lipinski definition) is 2. The third kappa shape index (κ3) is 10.9. The summed E-state index contributed by atoms with van der Waals surface area (Å²) in [4.78, 5) is 30.0. The van der Waals surface area contributed by atoms with Gasteiger partial charge in [0.15, 0.2) is 6.10 Å². The van der Waals surface area contributed by atoms with Crippen molar-refractivity contribution in [3.05, 3.63) is 36.0 Å². The maximum Gasteiger partial charge on any atom is 0.410 e. The Balaban J connectivity index is 1.74. The lowest BCUT2D eigenvalue weighted by atomic mass is 9.88. The molecule has 0 aromatic carbocycles.